The van der Waals surface area contributed by atoms with Gasteiger partial charge >= 0.3 is 5.97 Å². The normalized spacial score (nSPS) is 17.2. The van der Waals surface area contributed by atoms with Crippen LogP contribution in [-0.4, -0.2) is 49.5 Å². The third kappa shape index (κ3) is 3.40. The van der Waals surface area contributed by atoms with E-state index in [-0.39, 0.29) is 5.82 Å². The van der Waals surface area contributed by atoms with Crippen LogP contribution in [0.3, 0.4) is 0 Å². The molecule has 1 fully saturated rings. The zero-order chi connectivity index (χ0) is 18.9. The molecule has 0 atom stereocenters. The lowest BCUT2D eigenvalue weighted by molar-refractivity contribution is -0.152. The Morgan fingerprint density at radius 2 is 2.11 bits per heavy atom. The lowest BCUT2D eigenvalue weighted by Gasteiger charge is -2.38. The standard InChI is InChI=1S/C19H20FN5O2/c20-16-4-3-13(17-15(16)2-1-7-21-17)12-25-8-5-19(6-9-25,18(26)27)10-14-11-22-24-23-14/h1-4,7,11H,5-6,8-10,12H2,(H,26,27)(H,22,23,24). The van der Waals surface area contributed by atoms with Gasteiger partial charge in [0.15, 0.2) is 0 Å². The van der Waals surface area contributed by atoms with E-state index in [1.807, 2.05) is 0 Å². The van der Waals surface area contributed by atoms with Gasteiger partial charge < -0.3 is 5.11 Å². The number of rotatable bonds is 5. The zero-order valence-electron chi connectivity index (χ0n) is 14.7. The molecule has 1 aliphatic heterocycles. The number of halogens is 1. The summed E-state index contributed by atoms with van der Waals surface area (Å²) in [5, 5.41) is 20.6. The number of piperidine rings is 1. The number of pyridine rings is 1. The highest BCUT2D eigenvalue weighted by molar-refractivity contribution is 5.82. The van der Waals surface area contributed by atoms with Gasteiger partial charge in [0, 0.05) is 24.5 Å². The molecule has 27 heavy (non-hydrogen) atoms. The van der Waals surface area contributed by atoms with Gasteiger partial charge in [-0.25, -0.2) is 4.39 Å². The topological polar surface area (TPSA) is 95.0 Å². The third-order valence-corrected chi connectivity index (χ3v) is 5.45. The highest BCUT2D eigenvalue weighted by Gasteiger charge is 2.42. The van der Waals surface area contributed by atoms with Crippen LogP contribution in [0.25, 0.3) is 10.9 Å². The molecule has 3 heterocycles. The SMILES string of the molecule is O=C(O)C1(Cc2cn[nH]n2)CCN(Cc2ccc(F)c3cccnc23)CC1. The first-order chi connectivity index (χ1) is 13.1. The van der Waals surface area contributed by atoms with Crippen LogP contribution < -0.4 is 0 Å². The molecule has 0 bridgehead atoms. The molecule has 2 N–H and O–H groups in total. The predicted octanol–water partition coefficient (Wildman–Crippen LogP) is 2.40. The maximum absolute atomic E-state index is 14.0. The Kier molecular flexibility index (Phi) is 4.57. The van der Waals surface area contributed by atoms with Crippen LogP contribution in [0.5, 0.6) is 0 Å². The molecule has 0 spiro atoms. The molecule has 140 valence electrons. The molecule has 2 aromatic heterocycles. The first kappa shape index (κ1) is 17.5. The number of carbonyl (C=O) groups is 1. The van der Waals surface area contributed by atoms with Crippen molar-refractivity contribution in [1.82, 2.24) is 25.3 Å². The Morgan fingerprint density at radius 3 is 2.81 bits per heavy atom. The van der Waals surface area contributed by atoms with Crippen LogP contribution >= 0.6 is 0 Å². The second kappa shape index (κ2) is 7.03. The molecular formula is C19H20FN5O2. The van der Waals surface area contributed by atoms with Crippen molar-refractivity contribution in [3.8, 4) is 0 Å². The van der Waals surface area contributed by atoms with E-state index in [4.69, 9.17) is 0 Å². The van der Waals surface area contributed by atoms with Gasteiger partial charge in [-0.2, -0.15) is 15.4 Å². The second-order valence-electron chi connectivity index (χ2n) is 7.11. The van der Waals surface area contributed by atoms with Crippen LogP contribution in [0.2, 0.25) is 0 Å². The van der Waals surface area contributed by atoms with Gasteiger partial charge in [-0.1, -0.05) is 6.07 Å². The van der Waals surface area contributed by atoms with E-state index in [1.165, 1.54) is 6.07 Å². The minimum Gasteiger partial charge on any atom is -0.481 e. The van der Waals surface area contributed by atoms with E-state index in [2.05, 4.69) is 25.3 Å². The molecule has 0 aliphatic carbocycles. The van der Waals surface area contributed by atoms with Gasteiger partial charge in [0.1, 0.15) is 5.82 Å². The highest BCUT2D eigenvalue weighted by atomic mass is 19.1. The first-order valence-corrected chi connectivity index (χ1v) is 8.90. The van der Waals surface area contributed by atoms with Gasteiger partial charge in [0.25, 0.3) is 0 Å². The molecule has 4 rings (SSSR count). The van der Waals surface area contributed by atoms with Crippen molar-refractivity contribution < 1.29 is 14.3 Å². The smallest absolute Gasteiger partial charge is 0.310 e. The number of aromatic nitrogens is 4. The molecule has 3 aromatic rings. The number of nitrogens with zero attached hydrogens (tertiary/aromatic N) is 4. The fraction of sp³-hybridized carbons (Fsp3) is 0.368. The van der Waals surface area contributed by atoms with Crippen LogP contribution in [0, 0.1) is 11.2 Å². The summed E-state index contributed by atoms with van der Waals surface area (Å²) in [6, 6.07) is 6.68. The van der Waals surface area contributed by atoms with Gasteiger partial charge in [-0.15, -0.1) is 0 Å². The maximum Gasteiger partial charge on any atom is 0.310 e. The molecule has 7 nitrogen and oxygen atoms in total. The number of carboxylic acids is 1. The van der Waals surface area contributed by atoms with Gasteiger partial charge in [0.05, 0.1) is 22.8 Å². The van der Waals surface area contributed by atoms with Crippen molar-refractivity contribution in [2.45, 2.75) is 25.8 Å². The molecule has 0 radical (unpaired) electrons. The van der Waals surface area contributed by atoms with Crippen LogP contribution in [0.4, 0.5) is 4.39 Å². The summed E-state index contributed by atoms with van der Waals surface area (Å²) in [6.45, 7) is 1.92. The number of carboxylic acid groups (broad SMARTS) is 1. The molecule has 1 aromatic carbocycles. The Labute approximate surface area is 155 Å². The summed E-state index contributed by atoms with van der Waals surface area (Å²) in [6.07, 6.45) is 4.67. The Hall–Kier alpha value is -2.87. The Morgan fingerprint density at radius 1 is 1.30 bits per heavy atom. The van der Waals surface area contributed by atoms with Crippen LogP contribution in [-0.2, 0) is 17.8 Å². The maximum atomic E-state index is 14.0. The molecule has 1 aliphatic rings. The van der Waals surface area contributed by atoms with Crippen molar-refractivity contribution >= 4 is 16.9 Å². The van der Waals surface area contributed by atoms with E-state index in [0.717, 1.165) is 5.56 Å². The van der Waals surface area contributed by atoms with Crippen LogP contribution in [0.15, 0.2) is 36.7 Å². The minimum atomic E-state index is -0.823. The Bertz CT molecular complexity index is 952. The number of nitrogens with one attached hydrogen (secondary N) is 1. The lowest BCUT2D eigenvalue weighted by Crippen LogP contribution is -2.45. The summed E-state index contributed by atoms with van der Waals surface area (Å²) < 4.78 is 14.0. The number of likely N-dealkylation sites (tertiary alicyclic amines) is 1. The van der Waals surface area contributed by atoms with E-state index >= 15 is 0 Å². The number of aromatic amines is 1. The van der Waals surface area contributed by atoms with Crippen molar-refractivity contribution in [2.24, 2.45) is 5.41 Å². The monoisotopic (exact) mass is 369 g/mol. The third-order valence-electron chi connectivity index (χ3n) is 5.45. The number of H-pyrrole nitrogens is 1. The van der Waals surface area contributed by atoms with Gasteiger partial charge in [-0.05, 0) is 49.7 Å². The highest BCUT2D eigenvalue weighted by Crippen LogP contribution is 2.36. The minimum absolute atomic E-state index is 0.280. The predicted molar refractivity (Wildman–Crippen MR) is 96.4 cm³/mol. The first-order valence-electron chi connectivity index (χ1n) is 8.90. The number of fused-ring (bicyclic) bond motifs is 1. The molecule has 1 saturated heterocycles. The molecule has 8 heteroatoms. The molecule has 0 unspecified atom stereocenters. The summed E-state index contributed by atoms with van der Waals surface area (Å²) in [7, 11) is 0. The van der Waals surface area contributed by atoms with E-state index in [0.29, 0.717) is 55.5 Å². The van der Waals surface area contributed by atoms with Gasteiger partial charge in [0.2, 0.25) is 0 Å². The Balaban J connectivity index is 1.49. The molecular weight excluding hydrogens is 349 g/mol. The second-order valence-corrected chi connectivity index (χ2v) is 7.11. The quantitative estimate of drug-likeness (QED) is 0.717. The zero-order valence-corrected chi connectivity index (χ0v) is 14.7. The van der Waals surface area contributed by atoms with E-state index < -0.39 is 11.4 Å². The number of aliphatic carboxylic acids is 1. The number of benzene rings is 1. The summed E-state index contributed by atoms with van der Waals surface area (Å²) in [5.74, 6) is -1.07. The average Bonchev–Trinajstić information content (AvgIpc) is 3.18. The van der Waals surface area contributed by atoms with Crippen molar-refractivity contribution in [1.29, 1.82) is 0 Å². The fourth-order valence-electron chi connectivity index (χ4n) is 3.83. The molecule has 0 amide bonds. The largest absolute Gasteiger partial charge is 0.481 e. The fourth-order valence-corrected chi connectivity index (χ4v) is 3.83. The summed E-state index contributed by atoms with van der Waals surface area (Å²) in [5.41, 5.74) is 1.46. The van der Waals surface area contributed by atoms with E-state index in [1.54, 1.807) is 30.6 Å². The van der Waals surface area contributed by atoms with Crippen LogP contribution in [0.1, 0.15) is 24.1 Å². The molecule has 0 saturated carbocycles. The van der Waals surface area contributed by atoms with Gasteiger partial charge in [-0.3, -0.25) is 14.7 Å². The summed E-state index contributed by atoms with van der Waals surface area (Å²) >= 11 is 0. The van der Waals surface area contributed by atoms with Crippen molar-refractivity contribution in [2.75, 3.05) is 13.1 Å². The van der Waals surface area contributed by atoms with Crippen molar-refractivity contribution in [3.63, 3.8) is 0 Å². The average molecular weight is 369 g/mol. The summed E-state index contributed by atoms with van der Waals surface area (Å²) in [4.78, 5) is 18.5. The number of hydrogen-bond donors (Lipinski definition) is 2. The lowest BCUT2D eigenvalue weighted by atomic mass is 9.75. The van der Waals surface area contributed by atoms with Crippen molar-refractivity contribution in [3.05, 3.63) is 53.7 Å². The number of hydrogen-bond acceptors (Lipinski definition) is 5. The van der Waals surface area contributed by atoms with E-state index in [9.17, 15) is 14.3 Å².